The Labute approximate surface area is 109 Å². The maximum Gasteiger partial charge on any atom is 0.244 e. The Kier molecular flexibility index (Phi) is 3.56. The van der Waals surface area contributed by atoms with Crippen LogP contribution in [0.15, 0.2) is 29.0 Å². The average molecular weight is 262 g/mol. The summed E-state index contributed by atoms with van der Waals surface area (Å²) in [4.78, 5) is 8.52. The zero-order valence-corrected chi connectivity index (χ0v) is 10.7. The second-order valence-corrected chi connectivity index (χ2v) is 5.32. The van der Waals surface area contributed by atoms with Crippen LogP contribution < -0.4 is 5.32 Å². The summed E-state index contributed by atoms with van der Waals surface area (Å²) >= 11 is 1.91. The highest BCUT2D eigenvalue weighted by Crippen LogP contribution is 2.20. The van der Waals surface area contributed by atoms with Crippen LogP contribution in [-0.4, -0.2) is 33.2 Å². The number of nitrogens with zero attached hydrogens (tertiary/aromatic N) is 3. The molecule has 0 aromatic carbocycles. The summed E-state index contributed by atoms with van der Waals surface area (Å²) in [5.41, 5.74) is 1.09. The highest BCUT2D eigenvalue weighted by atomic mass is 32.2. The standard InChI is InChI=1S/C12H14N4OS/c1-2-9(7-13-3-1)6-11-15-12(17-16-11)10-8-18-5-4-14-10/h1-3,7,10,14H,4-6,8H2. The van der Waals surface area contributed by atoms with E-state index in [4.69, 9.17) is 4.52 Å². The molecule has 3 rings (SSSR count). The first-order valence-corrected chi connectivity index (χ1v) is 7.10. The third-order valence-electron chi connectivity index (χ3n) is 2.79. The Morgan fingerprint density at radius 1 is 1.50 bits per heavy atom. The van der Waals surface area contributed by atoms with Crippen molar-refractivity contribution in [1.29, 1.82) is 0 Å². The third-order valence-corrected chi connectivity index (χ3v) is 3.85. The minimum Gasteiger partial charge on any atom is -0.338 e. The summed E-state index contributed by atoms with van der Waals surface area (Å²) in [6.45, 7) is 0.996. The number of rotatable bonds is 3. The van der Waals surface area contributed by atoms with Gasteiger partial charge in [0.1, 0.15) is 0 Å². The predicted molar refractivity (Wildman–Crippen MR) is 69.4 cm³/mol. The van der Waals surface area contributed by atoms with Crippen molar-refractivity contribution >= 4 is 11.8 Å². The van der Waals surface area contributed by atoms with Crippen molar-refractivity contribution in [2.45, 2.75) is 12.5 Å². The molecular weight excluding hydrogens is 248 g/mol. The SMILES string of the molecule is c1cncc(Cc2noc(C3CSCCN3)n2)c1. The van der Waals surface area contributed by atoms with E-state index in [9.17, 15) is 0 Å². The fraction of sp³-hybridized carbons (Fsp3) is 0.417. The van der Waals surface area contributed by atoms with Gasteiger partial charge in [0.25, 0.3) is 0 Å². The molecule has 6 heteroatoms. The maximum absolute atomic E-state index is 5.32. The monoisotopic (exact) mass is 262 g/mol. The molecule has 0 aliphatic carbocycles. The van der Waals surface area contributed by atoms with E-state index in [2.05, 4.69) is 20.4 Å². The van der Waals surface area contributed by atoms with E-state index in [1.54, 1.807) is 6.20 Å². The van der Waals surface area contributed by atoms with Gasteiger partial charge in [-0.3, -0.25) is 4.98 Å². The number of nitrogens with one attached hydrogen (secondary N) is 1. The molecule has 1 atom stereocenters. The first-order valence-electron chi connectivity index (χ1n) is 5.94. The average Bonchev–Trinajstić information content (AvgIpc) is 2.89. The zero-order valence-electron chi connectivity index (χ0n) is 9.87. The number of thioether (sulfide) groups is 1. The van der Waals surface area contributed by atoms with Crippen molar-refractivity contribution < 1.29 is 4.52 Å². The Bertz CT molecular complexity index is 496. The smallest absolute Gasteiger partial charge is 0.244 e. The number of aromatic nitrogens is 3. The lowest BCUT2D eigenvalue weighted by Crippen LogP contribution is -2.30. The van der Waals surface area contributed by atoms with Gasteiger partial charge in [-0.15, -0.1) is 0 Å². The van der Waals surface area contributed by atoms with Gasteiger partial charge in [-0.1, -0.05) is 11.2 Å². The Balaban J connectivity index is 1.69. The highest BCUT2D eigenvalue weighted by molar-refractivity contribution is 7.99. The second kappa shape index (κ2) is 5.49. The molecule has 1 saturated heterocycles. The van der Waals surface area contributed by atoms with Crippen molar-refractivity contribution in [3.05, 3.63) is 41.8 Å². The molecule has 1 aliphatic rings. The molecule has 2 aromatic heterocycles. The van der Waals surface area contributed by atoms with Gasteiger partial charge in [0.15, 0.2) is 5.82 Å². The lowest BCUT2D eigenvalue weighted by atomic mass is 10.2. The Morgan fingerprint density at radius 3 is 3.28 bits per heavy atom. The molecule has 1 N–H and O–H groups in total. The van der Waals surface area contributed by atoms with E-state index in [1.807, 2.05) is 30.1 Å². The van der Waals surface area contributed by atoms with Crippen LogP contribution in [0, 0.1) is 0 Å². The largest absolute Gasteiger partial charge is 0.338 e. The van der Waals surface area contributed by atoms with Gasteiger partial charge in [-0.25, -0.2) is 0 Å². The fourth-order valence-corrected chi connectivity index (χ4v) is 2.82. The first-order chi connectivity index (χ1) is 8.92. The third kappa shape index (κ3) is 2.70. The molecule has 1 unspecified atom stereocenters. The molecule has 5 nitrogen and oxygen atoms in total. The van der Waals surface area contributed by atoms with Gasteiger partial charge in [0.2, 0.25) is 5.89 Å². The van der Waals surface area contributed by atoms with Crippen molar-refractivity contribution in [1.82, 2.24) is 20.4 Å². The first kappa shape index (κ1) is 11.7. The molecule has 1 aliphatic heterocycles. The highest BCUT2D eigenvalue weighted by Gasteiger charge is 2.21. The summed E-state index contributed by atoms with van der Waals surface area (Å²) < 4.78 is 5.32. The maximum atomic E-state index is 5.32. The van der Waals surface area contributed by atoms with Gasteiger partial charge in [0, 0.05) is 36.9 Å². The number of hydrogen-bond donors (Lipinski definition) is 1. The molecule has 0 amide bonds. The number of hydrogen-bond acceptors (Lipinski definition) is 6. The predicted octanol–water partition coefficient (Wildman–Crippen LogP) is 1.43. The molecule has 0 saturated carbocycles. The molecule has 2 aromatic rings. The topological polar surface area (TPSA) is 63.8 Å². The van der Waals surface area contributed by atoms with Gasteiger partial charge in [0.05, 0.1) is 6.04 Å². The van der Waals surface area contributed by atoms with Gasteiger partial charge in [-0.2, -0.15) is 16.7 Å². The molecule has 18 heavy (non-hydrogen) atoms. The lowest BCUT2D eigenvalue weighted by Gasteiger charge is -2.19. The van der Waals surface area contributed by atoms with Crippen LogP contribution >= 0.6 is 11.8 Å². The lowest BCUT2D eigenvalue weighted by molar-refractivity contribution is 0.339. The van der Waals surface area contributed by atoms with Gasteiger partial charge < -0.3 is 9.84 Å². The van der Waals surface area contributed by atoms with Crippen molar-refractivity contribution in [3.8, 4) is 0 Å². The van der Waals surface area contributed by atoms with E-state index >= 15 is 0 Å². The van der Waals surface area contributed by atoms with Crippen molar-refractivity contribution in [2.75, 3.05) is 18.1 Å². The molecule has 94 valence electrons. The van der Waals surface area contributed by atoms with Crippen LogP contribution in [0.3, 0.4) is 0 Å². The van der Waals surface area contributed by atoms with E-state index in [0.717, 1.165) is 29.4 Å². The van der Waals surface area contributed by atoms with Crippen LogP contribution in [0.5, 0.6) is 0 Å². The molecule has 3 heterocycles. The van der Waals surface area contributed by atoms with E-state index < -0.39 is 0 Å². The summed E-state index contributed by atoms with van der Waals surface area (Å²) in [7, 11) is 0. The molecule has 0 spiro atoms. The summed E-state index contributed by atoms with van der Waals surface area (Å²) in [5, 5.41) is 7.41. The fourth-order valence-electron chi connectivity index (χ4n) is 1.89. The second-order valence-electron chi connectivity index (χ2n) is 4.17. The molecule has 0 bridgehead atoms. The molecule has 1 fully saturated rings. The normalized spacial score (nSPS) is 19.9. The summed E-state index contributed by atoms with van der Waals surface area (Å²) in [6, 6.07) is 4.12. The quantitative estimate of drug-likeness (QED) is 0.903. The van der Waals surface area contributed by atoms with Gasteiger partial charge in [-0.05, 0) is 11.6 Å². The Hall–Kier alpha value is -1.40. The van der Waals surface area contributed by atoms with Crippen LogP contribution in [0.1, 0.15) is 23.3 Å². The van der Waals surface area contributed by atoms with Crippen molar-refractivity contribution in [3.63, 3.8) is 0 Å². The van der Waals surface area contributed by atoms with Crippen LogP contribution in [-0.2, 0) is 6.42 Å². The van der Waals surface area contributed by atoms with Crippen LogP contribution in [0.2, 0.25) is 0 Å². The summed E-state index contributed by atoms with van der Waals surface area (Å²) in [6.07, 6.45) is 4.25. The molecular formula is C12H14N4OS. The van der Waals surface area contributed by atoms with Crippen LogP contribution in [0.4, 0.5) is 0 Å². The van der Waals surface area contributed by atoms with E-state index in [-0.39, 0.29) is 6.04 Å². The minimum atomic E-state index is 0.193. The van der Waals surface area contributed by atoms with E-state index in [0.29, 0.717) is 12.3 Å². The van der Waals surface area contributed by atoms with Crippen molar-refractivity contribution in [2.24, 2.45) is 0 Å². The zero-order chi connectivity index (χ0) is 12.2. The van der Waals surface area contributed by atoms with Crippen LogP contribution in [0.25, 0.3) is 0 Å². The Morgan fingerprint density at radius 2 is 2.50 bits per heavy atom. The van der Waals surface area contributed by atoms with E-state index in [1.165, 1.54) is 0 Å². The minimum absolute atomic E-state index is 0.193. The molecule has 0 radical (unpaired) electrons. The number of pyridine rings is 1. The van der Waals surface area contributed by atoms with Gasteiger partial charge >= 0.3 is 0 Å². The summed E-state index contributed by atoms with van der Waals surface area (Å²) in [5.74, 6) is 3.55.